The van der Waals surface area contributed by atoms with E-state index in [9.17, 15) is 0 Å². The highest BCUT2D eigenvalue weighted by atomic mass is 14.5. The van der Waals surface area contributed by atoms with Gasteiger partial charge in [-0.15, -0.1) is 0 Å². The Hall–Kier alpha value is 0. The van der Waals surface area contributed by atoms with Gasteiger partial charge in [-0.2, -0.15) is 0 Å². The summed E-state index contributed by atoms with van der Waals surface area (Å²) in [4.78, 5) is 0. The lowest BCUT2D eigenvalue weighted by atomic mass is 9.56. The first-order chi connectivity index (χ1) is 17.7. The minimum atomic E-state index is 0.967. The van der Waals surface area contributed by atoms with Crippen LogP contribution in [0.4, 0.5) is 0 Å². The van der Waals surface area contributed by atoms with Crippen LogP contribution in [0.1, 0.15) is 152 Å². The Morgan fingerprint density at radius 1 is 0.514 bits per heavy atom. The fraction of sp³-hybridized carbons (Fsp3) is 1.00. The van der Waals surface area contributed by atoms with Crippen LogP contribution < -0.4 is 0 Å². The number of hydrogen-bond donors (Lipinski definition) is 0. The lowest BCUT2D eigenvalue weighted by molar-refractivity contribution is -0.00156. The van der Waals surface area contributed by atoms with Crippen LogP contribution in [0.2, 0.25) is 0 Å². The van der Waals surface area contributed by atoms with Gasteiger partial charge >= 0.3 is 0 Å². The Morgan fingerprint density at radius 2 is 1.19 bits per heavy atom. The van der Waals surface area contributed by atoms with Gasteiger partial charge in [-0.05, 0) is 134 Å². The molecule has 0 amide bonds. The molecule has 12 atom stereocenters. The SMILES string of the molecule is CC1CCC(C2C(C)CC(C)C2C)CC1C.CCCCC1C(C)CC2CCCC2C1C1CCC(C)CC1. The molecule has 37 heavy (non-hydrogen) atoms. The van der Waals surface area contributed by atoms with E-state index in [0.717, 1.165) is 82.9 Å². The topological polar surface area (TPSA) is 0 Å². The lowest BCUT2D eigenvalue weighted by Gasteiger charge is -2.49. The third-order valence-electron chi connectivity index (χ3n) is 13.7. The van der Waals surface area contributed by atoms with Crippen molar-refractivity contribution in [1.29, 1.82) is 0 Å². The molecule has 216 valence electrons. The van der Waals surface area contributed by atoms with Gasteiger partial charge in [0, 0.05) is 0 Å². The standard InChI is InChI=1S/C21H38.C16H30/c1-4-5-8-19-16(3)14-18-7-6-9-20(18)21(19)17-12-10-15(2)11-13-17;1-10-6-7-15(9-11(10)2)16-13(4)8-12(3)14(16)5/h15-21H,4-14H2,1-3H3;10-16H,6-9H2,1-5H3. The molecule has 0 nitrogen and oxygen atoms in total. The molecule has 0 aromatic rings. The van der Waals surface area contributed by atoms with Crippen LogP contribution in [0.15, 0.2) is 0 Å². The van der Waals surface area contributed by atoms with E-state index in [-0.39, 0.29) is 0 Å². The molecule has 0 heteroatoms. The number of rotatable bonds is 5. The van der Waals surface area contributed by atoms with Crippen molar-refractivity contribution in [3.63, 3.8) is 0 Å². The molecule has 0 saturated heterocycles. The van der Waals surface area contributed by atoms with E-state index in [0.29, 0.717) is 0 Å². The second-order valence-electron chi connectivity index (χ2n) is 16.1. The summed E-state index contributed by atoms with van der Waals surface area (Å²) in [6.45, 7) is 19.9. The van der Waals surface area contributed by atoms with Gasteiger partial charge in [0.2, 0.25) is 0 Å². The summed E-state index contributed by atoms with van der Waals surface area (Å²) in [5.74, 6) is 14.5. The van der Waals surface area contributed by atoms with Crippen molar-refractivity contribution in [3.8, 4) is 0 Å². The maximum Gasteiger partial charge on any atom is -0.0324 e. The molecule has 0 aromatic carbocycles. The molecular weight excluding hydrogens is 444 g/mol. The normalized spacial score (nSPS) is 50.3. The fourth-order valence-corrected chi connectivity index (χ4v) is 11.2. The van der Waals surface area contributed by atoms with Crippen molar-refractivity contribution < 1.29 is 0 Å². The average molecular weight is 513 g/mol. The van der Waals surface area contributed by atoms with Gasteiger partial charge in [0.1, 0.15) is 0 Å². The molecule has 0 radical (unpaired) electrons. The van der Waals surface area contributed by atoms with Crippen LogP contribution in [0.25, 0.3) is 0 Å². The van der Waals surface area contributed by atoms with Gasteiger partial charge in [-0.25, -0.2) is 0 Å². The van der Waals surface area contributed by atoms with Crippen LogP contribution in [0.3, 0.4) is 0 Å². The molecule has 0 aliphatic heterocycles. The predicted octanol–water partition coefficient (Wildman–Crippen LogP) is 11.7. The average Bonchev–Trinajstić information content (AvgIpc) is 3.43. The van der Waals surface area contributed by atoms with Gasteiger partial charge in [-0.1, -0.05) is 100 Å². The molecule has 5 fully saturated rings. The van der Waals surface area contributed by atoms with Crippen molar-refractivity contribution in [2.75, 3.05) is 0 Å². The van der Waals surface area contributed by atoms with Crippen molar-refractivity contribution in [3.05, 3.63) is 0 Å². The van der Waals surface area contributed by atoms with Crippen molar-refractivity contribution in [2.24, 2.45) is 82.9 Å². The molecular formula is C37H68. The Morgan fingerprint density at radius 3 is 1.81 bits per heavy atom. The summed E-state index contributed by atoms with van der Waals surface area (Å²) in [5, 5.41) is 0. The minimum absolute atomic E-state index is 0.967. The first kappa shape index (κ1) is 30.0. The van der Waals surface area contributed by atoms with E-state index in [1.54, 1.807) is 38.5 Å². The molecule has 0 N–H and O–H groups in total. The lowest BCUT2D eigenvalue weighted by Crippen LogP contribution is -2.42. The van der Waals surface area contributed by atoms with Gasteiger partial charge in [0.05, 0.1) is 0 Å². The maximum absolute atomic E-state index is 2.60. The Balaban J connectivity index is 0.000000180. The molecule has 12 unspecified atom stereocenters. The molecule has 0 aromatic heterocycles. The van der Waals surface area contributed by atoms with Crippen molar-refractivity contribution >= 4 is 0 Å². The summed E-state index contributed by atoms with van der Waals surface area (Å²) in [6, 6.07) is 0. The van der Waals surface area contributed by atoms with Crippen LogP contribution in [-0.2, 0) is 0 Å². The smallest absolute Gasteiger partial charge is 0.0324 e. The van der Waals surface area contributed by atoms with Crippen molar-refractivity contribution in [1.82, 2.24) is 0 Å². The monoisotopic (exact) mass is 513 g/mol. The summed E-state index contributed by atoms with van der Waals surface area (Å²) in [7, 11) is 0. The Bertz CT molecular complexity index is 657. The van der Waals surface area contributed by atoms with E-state index in [2.05, 4.69) is 55.4 Å². The molecule has 5 aliphatic rings. The summed E-state index contributed by atoms with van der Waals surface area (Å²) in [6.07, 6.45) is 22.8. The fourth-order valence-electron chi connectivity index (χ4n) is 11.2. The predicted molar refractivity (Wildman–Crippen MR) is 164 cm³/mol. The molecule has 5 aliphatic carbocycles. The second-order valence-corrected chi connectivity index (χ2v) is 16.1. The van der Waals surface area contributed by atoms with Gasteiger partial charge < -0.3 is 0 Å². The van der Waals surface area contributed by atoms with Gasteiger partial charge in [0.15, 0.2) is 0 Å². The summed E-state index contributed by atoms with van der Waals surface area (Å²) < 4.78 is 0. The third-order valence-corrected chi connectivity index (χ3v) is 13.7. The zero-order valence-electron chi connectivity index (χ0n) is 26.7. The van der Waals surface area contributed by atoms with Crippen molar-refractivity contribution in [2.45, 2.75) is 152 Å². The van der Waals surface area contributed by atoms with E-state index in [1.807, 2.05) is 0 Å². The molecule has 0 spiro atoms. The Kier molecular flexibility index (Phi) is 11.0. The Labute approximate surface area is 234 Å². The molecule has 0 heterocycles. The molecule has 5 saturated carbocycles. The first-order valence-corrected chi connectivity index (χ1v) is 17.7. The summed E-state index contributed by atoms with van der Waals surface area (Å²) in [5.41, 5.74) is 0. The zero-order valence-corrected chi connectivity index (χ0v) is 26.7. The molecule has 5 rings (SSSR count). The van der Waals surface area contributed by atoms with Gasteiger partial charge in [0.25, 0.3) is 0 Å². The number of hydrogen-bond acceptors (Lipinski definition) is 0. The first-order valence-electron chi connectivity index (χ1n) is 17.7. The van der Waals surface area contributed by atoms with E-state index in [1.165, 1.54) is 57.8 Å². The quantitative estimate of drug-likeness (QED) is 0.343. The maximum atomic E-state index is 2.60. The zero-order chi connectivity index (χ0) is 26.7. The van der Waals surface area contributed by atoms with Crippen LogP contribution >= 0.6 is 0 Å². The highest BCUT2D eigenvalue weighted by Crippen LogP contribution is 2.56. The van der Waals surface area contributed by atoms with E-state index >= 15 is 0 Å². The minimum Gasteiger partial charge on any atom is -0.0654 e. The molecule has 0 bridgehead atoms. The highest BCUT2D eigenvalue weighted by molar-refractivity contribution is 4.97. The van der Waals surface area contributed by atoms with E-state index in [4.69, 9.17) is 0 Å². The summed E-state index contributed by atoms with van der Waals surface area (Å²) >= 11 is 0. The van der Waals surface area contributed by atoms with Crippen LogP contribution in [0, 0.1) is 82.9 Å². The van der Waals surface area contributed by atoms with Gasteiger partial charge in [-0.3, -0.25) is 0 Å². The van der Waals surface area contributed by atoms with Crippen LogP contribution in [-0.4, -0.2) is 0 Å². The van der Waals surface area contributed by atoms with E-state index < -0.39 is 0 Å². The second kappa shape index (κ2) is 13.6. The number of unbranched alkanes of at least 4 members (excludes halogenated alkanes) is 1. The number of fused-ring (bicyclic) bond motifs is 1. The largest absolute Gasteiger partial charge is 0.0654 e. The third kappa shape index (κ3) is 7.02. The van der Waals surface area contributed by atoms with Crippen LogP contribution in [0.5, 0.6) is 0 Å². The highest BCUT2D eigenvalue weighted by Gasteiger charge is 2.47.